The van der Waals surface area contributed by atoms with Crippen LogP contribution in [0.2, 0.25) is 0 Å². The Bertz CT molecular complexity index is 379. The molecule has 0 atom stereocenters. The molecule has 0 N–H and O–H groups in total. The minimum atomic E-state index is 1.07. The Hall–Kier alpha value is -1.24. The van der Waals surface area contributed by atoms with Gasteiger partial charge in [-0.2, -0.15) is 0 Å². The van der Waals surface area contributed by atoms with Gasteiger partial charge in [0.2, 0.25) is 0 Å². The third kappa shape index (κ3) is 2.29. The summed E-state index contributed by atoms with van der Waals surface area (Å²) in [7, 11) is 2.17. The van der Waals surface area contributed by atoms with Crippen molar-refractivity contribution in [1.82, 2.24) is 0 Å². The topological polar surface area (TPSA) is 3.24 Å². The quantitative estimate of drug-likeness (QED) is 0.683. The van der Waals surface area contributed by atoms with Crippen molar-refractivity contribution in [2.75, 3.05) is 18.5 Å². The Morgan fingerprint density at radius 2 is 2.06 bits per heavy atom. The maximum Gasteiger partial charge on any atom is 0.0443 e. The number of hydrogen-bond donors (Lipinski definition) is 0. The number of likely N-dealkylation sites (N-methyl/N-ethyl adjacent to an activating group) is 1. The largest absolute Gasteiger partial charge is 0.370 e. The molecule has 1 nitrogen and oxygen atoms in total. The van der Waals surface area contributed by atoms with Crippen LogP contribution in [-0.2, 0) is 0 Å². The average Bonchev–Trinajstić information content (AvgIpc) is 2.63. The Kier molecular flexibility index (Phi) is 3.66. The highest BCUT2D eigenvalue weighted by molar-refractivity contribution is 5.85. The predicted octanol–water partition coefficient (Wildman–Crippen LogP) is 4.10. The first-order valence-electron chi connectivity index (χ1n) is 6.32. The Labute approximate surface area is 98.8 Å². The van der Waals surface area contributed by atoms with Crippen LogP contribution in [0.25, 0.3) is 5.57 Å². The fraction of sp³-hybridized carbons (Fsp3) is 0.467. The maximum atomic E-state index is 2.43. The van der Waals surface area contributed by atoms with Crippen molar-refractivity contribution in [1.29, 1.82) is 0 Å². The third-order valence-corrected chi connectivity index (χ3v) is 3.27. The van der Waals surface area contributed by atoms with Gasteiger partial charge in [0, 0.05) is 24.8 Å². The van der Waals surface area contributed by atoms with Crippen molar-refractivity contribution in [3.8, 4) is 0 Å². The molecule has 1 aliphatic rings. The summed E-state index contributed by atoms with van der Waals surface area (Å²) in [5.74, 6) is 0. The third-order valence-electron chi connectivity index (χ3n) is 3.27. The molecule has 2 rings (SSSR count). The molecule has 1 aliphatic heterocycles. The molecule has 1 heterocycles. The van der Waals surface area contributed by atoms with Gasteiger partial charge >= 0.3 is 0 Å². The van der Waals surface area contributed by atoms with E-state index in [2.05, 4.69) is 49.2 Å². The number of para-hydroxylation sites is 1. The van der Waals surface area contributed by atoms with Crippen molar-refractivity contribution >= 4 is 11.3 Å². The lowest BCUT2D eigenvalue weighted by Crippen LogP contribution is -2.12. The van der Waals surface area contributed by atoms with Gasteiger partial charge < -0.3 is 4.90 Å². The van der Waals surface area contributed by atoms with Gasteiger partial charge in [0.25, 0.3) is 0 Å². The number of unbranched alkanes of at least 4 members (excludes halogenated alkanes) is 3. The zero-order valence-corrected chi connectivity index (χ0v) is 10.4. The van der Waals surface area contributed by atoms with Crippen LogP contribution in [0.1, 0.15) is 38.2 Å². The van der Waals surface area contributed by atoms with Crippen LogP contribution in [0.5, 0.6) is 0 Å². The molecule has 16 heavy (non-hydrogen) atoms. The van der Waals surface area contributed by atoms with Gasteiger partial charge in [-0.15, -0.1) is 0 Å². The van der Waals surface area contributed by atoms with Gasteiger partial charge in [-0.3, -0.25) is 0 Å². The second-order valence-electron chi connectivity index (χ2n) is 4.60. The summed E-state index contributed by atoms with van der Waals surface area (Å²) in [4.78, 5) is 2.33. The highest BCUT2D eigenvalue weighted by atomic mass is 15.1. The zero-order valence-electron chi connectivity index (χ0n) is 10.4. The van der Waals surface area contributed by atoms with Crippen LogP contribution in [0.15, 0.2) is 30.3 Å². The lowest BCUT2D eigenvalue weighted by Gasteiger charge is -2.09. The molecule has 0 fully saturated rings. The molecule has 0 aliphatic carbocycles. The summed E-state index contributed by atoms with van der Waals surface area (Å²) in [5, 5.41) is 0. The predicted molar refractivity (Wildman–Crippen MR) is 71.8 cm³/mol. The van der Waals surface area contributed by atoms with Gasteiger partial charge in [0.05, 0.1) is 0 Å². The normalized spacial score (nSPS) is 16.9. The molecule has 0 spiro atoms. The van der Waals surface area contributed by atoms with Crippen LogP contribution in [0.3, 0.4) is 0 Å². The Morgan fingerprint density at radius 3 is 2.88 bits per heavy atom. The summed E-state index contributed by atoms with van der Waals surface area (Å²) in [6, 6.07) is 8.71. The van der Waals surface area contributed by atoms with E-state index in [1.165, 1.54) is 42.5 Å². The van der Waals surface area contributed by atoms with Crippen molar-refractivity contribution in [3.05, 3.63) is 35.9 Å². The second kappa shape index (κ2) is 5.20. The molecule has 0 bridgehead atoms. The number of anilines is 1. The van der Waals surface area contributed by atoms with Gasteiger partial charge in [-0.25, -0.2) is 0 Å². The van der Waals surface area contributed by atoms with Crippen LogP contribution in [-0.4, -0.2) is 13.6 Å². The first-order chi connectivity index (χ1) is 7.83. The minimum absolute atomic E-state index is 1.07. The lowest BCUT2D eigenvalue weighted by atomic mass is 10.1. The fourth-order valence-corrected chi connectivity index (χ4v) is 2.35. The molecule has 0 saturated heterocycles. The van der Waals surface area contributed by atoms with Gasteiger partial charge in [0.1, 0.15) is 0 Å². The molecule has 1 aromatic carbocycles. The summed E-state index contributed by atoms with van der Waals surface area (Å²) < 4.78 is 0. The highest BCUT2D eigenvalue weighted by Gasteiger charge is 2.18. The van der Waals surface area contributed by atoms with E-state index >= 15 is 0 Å². The zero-order chi connectivity index (χ0) is 11.4. The van der Waals surface area contributed by atoms with Crippen molar-refractivity contribution in [3.63, 3.8) is 0 Å². The SMILES string of the molecule is CCCCCC=C1CN(C)c2ccccc21. The molecule has 0 radical (unpaired) electrons. The molecule has 0 unspecified atom stereocenters. The Balaban J connectivity index is 2.08. The Morgan fingerprint density at radius 1 is 1.25 bits per heavy atom. The van der Waals surface area contributed by atoms with Crippen molar-refractivity contribution < 1.29 is 0 Å². The van der Waals surface area contributed by atoms with Crippen LogP contribution < -0.4 is 4.90 Å². The van der Waals surface area contributed by atoms with Crippen LogP contribution in [0.4, 0.5) is 5.69 Å². The smallest absolute Gasteiger partial charge is 0.0443 e. The van der Waals surface area contributed by atoms with E-state index in [-0.39, 0.29) is 0 Å². The maximum absolute atomic E-state index is 2.43. The molecule has 0 saturated carbocycles. The molecule has 86 valence electrons. The number of rotatable bonds is 4. The van der Waals surface area contributed by atoms with Crippen molar-refractivity contribution in [2.24, 2.45) is 0 Å². The number of nitrogens with zero attached hydrogens (tertiary/aromatic N) is 1. The molecule has 0 amide bonds. The molecular weight excluding hydrogens is 194 g/mol. The van der Waals surface area contributed by atoms with Gasteiger partial charge in [0.15, 0.2) is 0 Å². The van der Waals surface area contributed by atoms with Gasteiger partial charge in [-0.05, 0) is 24.5 Å². The fourth-order valence-electron chi connectivity index (χ4n) is 2.35. The number of fused-ring (bicyclic) bond motifs is 1. The molecule has 0 aromatic heterocycles. The van der Waals surface area contributed by atoms with E-state index in [9.17, 15) is 0 Å². The second-order valence-corrected chi connectivity index (χ2v) is 4.60. The van der Waals surface area contributed by atoms with Crippen LogP contribution >= 0.6 is 0 Å². The van der Waals surface area contributed by atoms with Crippen LogP contribution in [0, 0.1) is 0 Å². The molecular formula is C15H21N. The van der Waals surface area contributed by atoms with E-state index in [0.29, 0.717) is 0 Å². The molecule has 1 aromatic rings. The van der Waals surface area contributed by atoms with E-state index < -0.39 is 0 Å². The molecule has 1 heteroatoms. The summed E-state index contributed by atoms with van der Waals surface area (Å²) in [5.41, 5.74) is 4.32. The average molecular weight is 215 g/mol. The summed E-state index contributed by atoms with van der Waals surface area (Å²) >= 11 is 0. The number of hydrogen-bond acceptors (Lipinski definition) is 1. The first kappa shape index (κ1) is 11.3. The van der Waals surface area contributed by atoms with E-state index in [1.807, 2.05) is 0 Å². The summed E-state index contributed by atoms with van der Waals surface area (Å²) in [6.07, 6.45) is 7.64. The monoisotopic (exact) mass is 215 g/mol. The van der Waals surface area contributed by atoms with E-state index in [1.54, 1.807) is 0 Å². The van der Waals surface area contributed by atoms with E-state index in [0.717, 1.165) is 6.54 Å². The van der Waals surface area contributed by atoms with E-state index in [4.69, 9.17) is 0 Å². The van der Waals surface area contributed by atoms with Gasteiger partial charge in [-0.1, -0.05) is 44.0 Å². The lowest BCUT2D eigenvalue weighted by molar-refractivity contribution is 0.729. The highest BCUT2D eigenvalue weighted by Crippen LogP contribution is 2.34. The number of allylic oxidation sites excluding steroid dienone is 1. The standard InChI is InChI=1S/C15H21N/c1-3-4-5-6-9-13-12-16(2)15-11-8-7-10-14(13)15/h7-11H,3-6,12H2,1-2H3. The minimum Gasteiger partial charge on any atom is -0.370 e. The number of benzene rings is 1. The van der Waals surface area contributed by atoms with Crippen molar-refractivity contribution in [2.45, 2.75) is 32.6 Å². The first-order valence-corrected chi connectivity index (χ1v) is 6.32. The summed E-state index contributed by atoms with van der Waals surface area (Å²) in [6.45, 7) is 3.33.